The molecule has 1 atom stereocenters. The number of aryl methyl sites for hydroxylation is 1. The molecule has 0 aliphatic carbocycles. The van der Waals surface area contributed by atoms with Crippen LogP contribution in [0.2, 0.25) is 0 Å². The fourth-order valence-electron chi connectivity index (χ4n) is 2.02. The number of nitrogens with one attached hydrogen (secondary N) is 1. The van der Waals surface area contributed by atoms with Crippen LogP contribution in [0.25, 0.3) is 0 Å². The highest BCUT2D eigenvalue weighted by Crippen LogP contribution is 2.21. The minimum atomic E-state index is 0.431. The lowest BCUT2D eigenvalue weighted by Crippen LogP contribution is -2.19. The Hall–Kier alpha value is -1.26. The van der Waals surface area contributed by atoms with E-state index < -0.39 is 0 Å². The smallest absolute Gasteiger partial charge is 0.0946 e. The Kier molecular flexibility index (Phi) is 6.15. The Morgan fingerprint density at radius 2 is 2.10 bits per heavy atom. The van der Waals surface area contributed by atoms with Gasteiger partial charge in [0.2, 0.25) is 0 Å². The van der Waals surface area contributed by atoms with Crippen LogP contribution in [-0.2, 0) is 6.54 Å². The molecule has 1 aromatic carbocycles. The minimum absolute atomic E-state index is 0.431. The molecular formula is C16H23N3S. The lowest BCUT2D eigenvalue weighted by Gasteiger charge is -2.14. The van der Waals surface area contributed by atoms with Gasteiger partial charge >= 0.3 is 0 Å². The second-order valence-electron chi connectivity index (χ2n) is 4.89. The summed E-state index contributed by atoms with van der Waals surface area (Å²) in [7, 11) is 0. The first kappa shape index (κ1) is 15.1. The van der Waals surface area contributed by atoms with Gasteiger partial charge in [0.25, 0.3) is 0 Å². The molecule has 0 amide bonds. The highest BCUT2D eigenvalue weighted by molar-refractivity contribution is 7.99. The van der Waals surface area contributed by atoms with Gasteiger partial charge in [0.1, 0.15) is 0 Å². The van der Waals surface area contributed by atoms with E-state index in [2.05, 4.69) is 53.0 Å². The van der Waals surface area contributed by atoms with Gasteiger partial charge < -0.3 is 9.88 Å². The van der Waals surface area contributed by atoms with Crippen LogP contribution in [0.1, 0.15) is 31.9 Å². The van der Waals surface area contributed by atoms with E-state index in [0.717, 1.165) is 18.8 Å². The molecule has 20 heavy (non-hydrogen) atoms. The number of hydrogen-bond acceptors (Lipinski definition) is 3. The van der Waals surface area contributed by atoms with Gasteiger partial charge in [-0.2, -0.15) is 0 Å². The maximum absolute atomic E-state index is 4.05. The molecule has 0 aliphatic heterocycles. The van der Waals surface area contributed by atoms with E-state index in [-0.39, 0.29) is 0 Å². The molecule has 2 rings (SSSR count). The standard InChI is InChI=1S/C16H23N3S/c1-3-8-18-14(2)15-4-6-16(7-5-15)20-12-11-19-10-9-17-13-19/h4-7,9-10,13-14,18H,3,8,11-12H2,1-2H3. The summed E-state index contributed by atoms with van der Waals surface area (Å²) in [6.07, 6.45) is 6.87. The number of nitrogens with zero attached hydrogens (tertiary/aromatic N) is 2. The Labute approximate surface area is 125 Å². The predicted molar refractivity (Wildman–Crippen MR) is 86.1 cm³/mol. The molecule has 0 aliphatic rings. The van der Waals surface area contributed by atoms with Crippen LogP contribution >= 0.6 is 11.8 Å². The monoisotopic (exact) mass is 289 g/mol. The molecule has 0 saturated heterocycles. The van der Waals surface area contributed by atoms with Crippen molar-refractivity contribution in [2.75, 3.05) is 12.3 Å². The van der Waals surface area contributed by atoms with Crippen LogP contribution < -0.4 is 5.32 Å². The Balaban J connectivity index is 1.79. The molecule has 108 valence electrons. The summed E-state index contributed by atoms with van der Waals surface area (Å²) in [5.41, 5.74) is 1.36. The number of imidazole rings is 1. The molecule has 0 saturated carbocycles. The zero-order valence-electron chi connectivity index (χ0n) is 12.2. The summed E-state index contributed by atoms with van der Waals surface area (Å²) in [4.78, 5) is 5.38. The topological polar surface area (TPSA) is 29.9 Å². The van der Waals surface area contributed by atoms with E-state index in [4.69, 9.17) is 0 Å². The number of thioether (sulfide) groups is 1. The van der Waals surface area contributed by atoms with E-state index in [9.17, 15) is 0 Å². The van der Waals surface area contributed by atoms with Gasteiger partial charge in [0.05, 0.1) is 6.33 Å². The third-order valence-electron chi connectivity index (χ3n) is 3.26. The largest absolute Gasteiger partial charge is 0.337 e. The summed E-state index contributed by atoms with van der Waals surface area (Å²) in [6, 6.07) is 9.33. The molecule has 0 fully saturated rings. The van der Waals surface area contributed by atoms with Gasteiger partial charge in [0.15, 0.2) is 0 Å². The van der Waals surface area contributed by atoms with Crippen LogP contribution in [0.4, 0.5) is 0 Å². The quantitative estimate of drug-likeness (QED) is 0.751. The van der Waals surface area contributed by atoms with E-state index in [1.165, 1.54) is 16.9 Å². The molecule has 1 aromatic heterocycles. The van der Waals surface area contributed by atoms with Crippen molar-refractivity contribution >= 4 is 11.8 Å². The van der Waals surface area contributed by atoms with Crippen LogP contribution in [0.3, 0.4) is 0 Å². The zero-order chi connectivity index (χ0) is 14.2. The molecule has 4 heteroatoms. The van der Waals surface area contributed by atoms with Crippen molar-refractivity contribution in [1.29, 1.82) is 0 Å². The van der Waals surface area contributed by atoms with E-state index in [1.54, 1.807) is 0 Å². The first-order valence-corrected chi connectivity index (χ1v) is 8.20. The molecule has 0 bridgehead atoms. The van der Waals surface area contributed by atoms with Gasteiger partial charge in [0, 0.05) is 35.6 Å². The van der Waals surface area contributed by atoms with Crippen LogP contribution in [0, 0.1) is 0 Å². The minimum Gasteiger partial charge on any atom is -0.337 e. The lowest BCUT2D eigenvalue weighted by molar-refractivity contribution is 0.570. The summed E-state index contributed by atoms with van der Waals surface area (Å²) in [6.45, 7) is 6.49. The average Bonchev–Trinajstić information content (AvgIpc) is 2.99. The van der Waals surface area contributed by atoms with Gasteiger partial charge in [-0.25, -0.2) is 4.98 Å². The lowest BCUT2D eigenvalue weighted by atomic mass is 10.1. The number of hydrogen-bond donors (Lipinski definition) is 1. The first-order chi connectivity index (χ1) is 9.79. The molecule has 1 N–H and O–H groups in total. The second-order valence-corrected chi connectivity index (χ2v) is 6.06. The van der Waals surface area contributed by atoms with Crippen LogP contribution in [-0.4, -0.2) is 21.8 Å². The summed E-state index contributed by atoms with van der Waals surface area (Å²) in [5, 5.41) is 3.51. The molecule has 3 nitrogen and oxygen atoms in total. The maximum atomic E-state index is 4.05. The first-order valence-electron chi connectivity index (χ1n) is 7.21. The Morgan fingerprint density at radius 1 is 1.30 bits per heavy atom. The van der Waals surface area contributed by atoms with E-state index in [1.807, 2.05) is 30.5 Å². The van der Waals surface area contributed by atoms with Crippen molar-refractivity contribution < 1.29 is 0 Å². The highest BCUT2D eigenvalue weighted by atomic mass is 32.2. The zero-order valence-corrected chi connectivity index (χ0v) is 13.1. The molecule has 0 spiro atoms. The van der Waals surface area contributed by atoms with E-state index >= 15 is 0 Å². The van der Waals surface area contributed by atoms with Crippen molar-refractivity contribution in [2.24, 2.45) is 0 Å². The molecule has 1 unspecified atom stereocenters. The summed E-state index contributed by atoms with van der Waals surface area (Å²) in [5.74, 6) is 1.07. The van der Waals surface area contributed by atoms with Crippen LogP contribution in [0.5, 0.6) is 0 Å². The van der Waals surface area contributed by atoms with Crippen molar-refractivity contribution in [2.45, 2.75) is 37.8 Å². The Bertz CT molecular complexity index is 479. The summed E-state index contributed by atoms with van der Waals surface area (Å²) < 4.78 is 2.11. The van der Waals surface area contributed by atoms with Gasteiger partial charge in [-0.3, -0.25) is 0 Å². The van der Waals surface area contributed by atoms with Gasteiger partial charge in [-0.15, -0.1) is 11.8 Å². The van der Waals surface area contributed by atoms with Crippen molar-refractivity contribution in [3.8, 4) is 0 Å². The molecular weight excluding hydrogens is 266 g/mol. The van der Waals surface area contributed by atoms with Crippen LogP contribution in [0.15, 0.2) is 47.9 Å². The SMILES string of the molecule is CCCNC(C)c1ccc(SCCn2ccnc2)cc1. The fraction of sp³-hybridized carbons (Fsp3) is 0.438. The Morgan fingerprint density at radius 3 is 2.75 bits per heavy atom. The molecule has 1 heterocycles. The number of benzene rings is 1. The van der Waals surface area contributed by atoms with Crippen molar-refractivity contribution in [3.05, 3.63) is 48.5 Å². The average molecular weight is 289 g/mol. The normalized spacial score (nSPS) is 12.5. The van der Waals surface area contributed by atoms with Gasteiger partial charge in [-0.1, -0.05) is 19.1 Å². The predicted octanol–water partition coefficient (Wildman–Crippen LogP) is 3.74. The number of aromatic nitrogens is 2. The third kappa shape index (κ3) is 4.69. The fourth-order valence-corrected chi connectivity index (χ4v) is 2.89. The third-order valence-corrected chi connectivity index (χ3v) is 4.25. The van der Waals surface area contributed by atoms with E-state index in [0.29, 0.717) is 6.04 Å². The second kappa shape index (κ2) is 8.12. The van der Waals surface area contributed by atoms with Crippen molar-refractivity contribution in [3.63, 3.8) is 0 Å². The molecule has 2 aromatic rings. The van der Waals surface area contributed by atoms with Gasteiger partial charge in [-0.05, 0) is 37.6 Å². The highest BCUT2D eigenvalue weighted by Gasteiger charge is 2.03. The molecule has 0 radical (unpaired) electrons. The van der Waals surface area contributed by atoms with Crippen molar-refractivity contribution in [1.82, 2.24) is 14.9 Å². The maximum Gasteiger partial charge on any atom is 0.0946 e. The number of rotatable bonds is 8. The summed E-state index contributed by atoms with van der Waals surface area (Å²) >= 11 is 1.89.